The van der Waals surface area contributed by atoms with E-state index in [1.807, 2.05) is 0 Å². The van der Waals surface area contributed by atoms with Crippen molar-refractivity contribution in [3.05, 3.63) is 48.6 Å². The van der Waals surface area contributed by atoms with Gasteiger partial charge in [-0.1, -0.05) is 48.6 Å². The Morgan fingerprint density at radius 3 is 2.04 bits per heavy atom. The van der Waals surface area contributed by atoms with E-state index >= 15 is 0 Å². The molecule has 1 saturated heterocycles. The third-order valence-electron chi connectivity index (χ3n) is 5.50. The highest BCUT2D eigenvalue weighted by atomic mass is 16.3. The van der Waals surface area contributed by atoms with Crippen molar-refractivity contribution in [2.24, 2.45) is 0 Å². The summed E-state index contributed by atoms with van der Waals surface area (Å²) in [5.74, 6) is 0.342. The van der Waals surface area contributed by atoms with Gasteiger partial charge in [-0.25, -0.2) is 9.28 Å². The van der Waals surface area contributed by atoms with Gasteiger partial charge in [0.25, 0.3) is 0 Å². The molecule has 0 spiro atoms. The molecule has 3 heteroatoms. The van der Waals surface area contributed by atoms with Crippen LogP contribution in [0.5, 0.6) is 0 Å². The van der Waals surface area contributed by atoms with Crippen molar-refractivity contribution in [3.8, 4) is 0 Å². The van der Waals surface area contributed by atoms with Crippen molar-refractivity contribution in [2.45, 2.75) is 70.3 Å². The molecular weight excluding hydrogens is 322 g/mol. The molecule has 1 amide bonds. The number of aliphatic hydroxyl groups is 1. The van der Waals surface area contributed by atoms with E-state index in [0.717, 1.165) is 51.5 Å². The number of aliphatic hydroxyl groups excluding tert-OH is 1. The molecule has 0 aromatic carbocycles. The lowest BCUT2D eigenvalue weighted by Crippen LogP contribution is -2.38. The smallest absolute Gasteiger partial charge is 0.314 e. The van der Waals surface area contributed by atoms with Gasteiger partial charge < -0.3 is 5.11 Å². The van der Waals surface area contributed by atoms with E-state index in [1.165, 1.54) is 12.8 Å². The summed E-state index contributed by atoms with van der Waals surface area (Å²) in [4.78, 5) is 12.7. The monoisotopic (exact) mass is 358 g/mol. The van der Waals surface area contributed by atoms with Crippen molar-refractivity contribution in [1.29, 1.82) is 0 Å². The summed E-state index contributed by atoms with van der Waals surface area (Å²) >= 11 is 0. The Balaban J connectivity index is 1.86. The van der Waals surface area contributed by atoms with Crippen LogP contribution >= 0.6 is 0 Å². The lowest BCUT2D eigenvalue weighted by molar-refractivity contribution is -0.736. The SMILES string of the molecule is O=C1CCC/C=C\C/C=C\C/C=C\C/C=C\CCCCC2C[N+]12CCO. The molecule has 0 bridgehead atoms. The first-order valence-corrected chi connectivity index (χ1v) is 10.4. The number of rotatable bonds is 2. The van der Waals surface area contributed by atoms with Gasteiger partial charge in [-0.15, -0.1) is 0 Å². The summed E-state index contributed by atoms with van der Waals surface area (Å²) in [6.45, 7) is 1.67. The van der Waals surface area contributed by atoms with Crippen LogP contribution in [-0.2, 0) is 4.79 Å². The van der Waals surface area contributed by atoms with Gasteiger partial charge in [-0.3, -0.25) is 0 Å². The number of amides is 1. The molecule has 2 aliphatic heterocycles. The fraction of sp³-hybridized carbons (Fsp3) is 0.609. The molecule has 144 valence electrons. The minimum atomic E-state index is 0.116. The molecule has 2 heterocycles. The molecule has 1 fully saturated rings. The van der Waals surface area contributed by atoms with Gasteiger partial charge in [0, 0.05) is 6.42 Å². The van der Waals surface area contributed by atoms with Crippen LogP contribution in [0, 0.1) is 0 Å². The van der Waals surface area contributed by atoms with Gasteiger partial charge in [0.15, 0.2) is 0 Å². The normalized spacial score (nSPS) is 34.0. The lowest BCUT2D eigenvalue weighted by Gasteiger charge is -2.17. The second-order valence-electron chi connectivity index (χ2n) is 7.48. The minimum absolute atomic E-state index is 0.116. The number of carbonyl (C=O) groups excluding carboxylic acids is 1. The third kappa shape index (κ3) is 7.05. The maximum absolute atomic E-state index is 12.7. The van der Waals surface area contributed by atoms with E-state index in [1.54, 1.807) is 0 Å². The Morgan fingerprint density at radius 2 is 1.42 bits per heavy atom. The fourth-order valence-corrected chi connectivity index (χ4v) is 3.83. The predicted octanol–water partition coefficient (Wildman–Crippen LogP) is 4.84. The van der Waals surface area contributed by atoms with E-state index in [4.69, 9.17) is 0 Å². The van der Waals surface area contributed by atoms with Gasteiger partial charge >= 0.3 is 5.91 Å². The number of fused-ring (bicyclic) bond motifs is 1. The molecular formula is C23H36NO2+. The average molecular weight is 359 g/mol. The first-order chi connectivity index (χ1) is 12.8. The Morgan fingerprint density at radius 1 is 0.846 bits per heavy atom. The summed E-state index contributed by atoms with van der Waals surface area (Å²) in [5.41, 5.74) is 0. The van der Waals surface area contributed by atoms with Crippen LogP contribution in [0.3, 0.4) is 0 Å². The van der Waals surface area contributed by atoms with Crippen LogP contribution in [0.1, 0.15) is 64.2 Å². The summed E-state index contributed by atoms with van der Waals surface area (Å²) in [7, 11) is 0. The second kappa shape index (κ2) is 12.0. The first kappa shape index (κ1) is 20.9. The van der Waals surface area contributed by atoms with E-state index in [9.17, 15) is 9.90 Å². The maximum atomic E-state index is 12.7. The van der Waals surface area contributed by atoms with Crippen molar-refractivity contribution >= 4 is 5.91 Å². The summed E-state index contributed by atoms with van der Waals surface area (Å²) in [5, 5.41) is 9.40. The van der Waals surface area contributed by atoms with Gasteiger partial charge in [0.2, 0.25) is 0 Å². The molecule has 0 saturated carbocycles. The van der Waals surface area contributed by atoms with Crippen molar-refractivity contribution in [2.75, 3.05) is 19.7 Å². The Bertz CT molecular complexity index is 532. The largest absolute Gasteiger partial charge is 0.390 e. The van der Waals surface area contributed by atoms with Gasteiger partial charge in [-0.05, 0) is 51.4 Å². The molecule has 0 aliphatic carbocycles. The zero-order valence-corrected chi connectivity index (χ0v) is 16.2. The second-order valence-corrected chi connectivity index (χ2v) is 7.48. The van der Waals surface area contributed by atoms with Crippen LogP contribution in [-0.4, -0.2) is 41.2 Å². The lowest BCUT2D eigenvalue weighted by atomic mass is 10.1. The summed E-state index contributed by atoms with van der Waals surface area (Å²) < 4.78 is 0.545. The van der Waals surface area contributed by atoms with Gasteiger partial charge in [0.05, 0.1) is 13.0 Å². The number of hydrogen-bond donors (Lipinski definition) is 1. The van der Waals surface area contributed by atoms with Gasteiger partial charge in [-0.2, -0.15) is 0 Å². The summed E-state index contributed by atoms with van der Waals surface area (Å²) in [6, 6.07) is 0.455. The van der Waals surface area contributed by atoms with E-state index in [-0.39, 0.29) is 6.61 Å². The predicted molar refractivity (Wildman–Crippen MR) is 109 cm³/mol. The molecule has 0 radical (unpaired) electrons. The molecule has 26 heavy (non-hydrogen) atoms. The van der Waals surface area contributed by atoms with Crippen molar-refractivity contribution in [1.82, 2.24) is 0 Å². The molecule has 2 unspecified atom stereocenters. The van der Waals surface area contributed by atoms with Crippen LogP contribution in [0.2, 0.25) is 0 Å². The molecule has 0 aromatic heterocycles. The Kier molecular flexibility index (Phi) is 9.65. The Labute approximate surface area is 159 Å². The molecule has 1 N–H and O–H groups in total. The number of carbonyl (C=O) groups is 1. The third-order valence-corrected chi connectivity index (χ3v) is 5.50. The number of quaternary nitrogens is 1. The quantitative estimate of drug-likeness (QED) is 0.435. The van der Waals surface area contributed by atoms with Crippen LogP contribution in [0.15, 0.2) is 48.6 Å². The average Bonchev–Trinajstić information content (AvgIpc) is 3.34. The fourth-order valence-electron chi connectivity index (χ4n) is 3.83. The standard InChI is InChI=1S/C23H36NO2/c25-20-19-24-21-22(24)17-15-13-11-9-7-5-3-1-2-4-6-8-10-12-14-16-18-23(24)26/h1,3-4,6-7,9-10,12,22,25H,2,5,8,11,13-21H2/q+1/b3-1-,6-4-,9-7-,12-10-. The van der Waals surface area contributed by atoms with Gasteiger partial charge in [0.1, 0.15) is 19.1 Å². The van der Waals surface area contributed by atoms with E-state index in [2.05, 4.69) is 48.6 Å². The number of hydrogen-bond acceptors (Lipinski definition) is 2. The molecule has 0 aromatic rings. The summed E-state index contributed by atoms with van der Waals surface area (Å²) in [6.07, 6.45) is 27.9. The number of allylic oxidation sites excluding steroid dienone is 8. The molecule has 2 atom stereocenters. The highest BCUT2D eigenvalue weighted by Gasteiger charge is 2.58. The maximum Gasteiger partial charge on any atom is 0.314 e. The van der Waals surface area contributed by atoms with Crippen LogP contribution in [0.25, 0.3) is 0 Å². The van der Waals surface area contributed by atoms with E-state index in [0.29, 0.717) is 29.4 Å². The van der Waals surface area contributed by atoms with Crippen LogP contribution in [0.4, 0.5) is 0 Å². The highest BCUT2D eigenvalue weighted by molar-refractivity contribution is 5.70. The highest BCUT2D eigenvalue weighted by Crippen LogP contribution is 2.36. The minimum Gasteiger partial charge on any atom is -0.390 e. The molecule has 2 aliphatic rings. The number of nitrogens with zero attached hydrogens (tertiary/aromatic N) is 1. The van der Waals surface area contributed by atoms with Crippen molar-refractivity contribution in [3.63, 3.8) is 0 Å². The van der Waals surface area contributed by atoms with E-state index < -0.39 is 0 Å². The first-order valence-electron chi connectivity index (χ1n) is 10.4. The van der Waals surface area contributed by atoms with Crippen molar-refractivity contribution < 1.29 is 14.4 Å². The Hall–Kier alpha value is -1.45. The zero-order valence-electron chi connectivity index (χ0n) is 16.2. The topological polar surface area (TPSA) is 37.3 Å². The molecule has 3 nitrogen and oxygen atoms in total. The van der Waals surface area contributed by atoms with Crippen LogP contribution < -0.4 is 0 Å². The zero-order chi connectivity index (χ0) is 18.5. The molecule has 2 rings (SSSR count).